The fourth-order valence-corrected chi connectivity index (χ4v) is 6.49. The number of hydrogen-bond donors (Lipinski definition) is 2. The molecule has 13 heteroatoms. The molecule has 0 aliphatic carbocycles. The number of hydrazine groups is 1. The second-order valence-electron chi connectivity index (χ2n) is 10.3. The lowest BCUT2D eigenvalue weighted by atomic mass is 10.1. The van der Waals surface area contributed by atoms with E-state index in [1.807, 2.05) is 44.3 Å². The summed E-state index contributed by atoms with van der Waals surface area (Å²) in [5.74, 6) is 0.0702. The number of hydrogen-bond acceptors (Lipinski definition) is 9. The maximum absolute atomic E-state index is 13.6. The van der Waals surface area contributed by atoms with E-state index in [0.717, 1.165) is 12.0 Å². The van der Waals surface area contributed by atoms with Gasteiger partial charge >= 0.3 is 0 Å². The average molecular weight is 582 g/mol. The van der Waals surface area contributed by atoms with Crippen LogP contribution in [0.3, 0.4) is 0 Å². The van der Waals surface area contributed by atoms with Gasteiger partial charge in [-0.25, -0.2) is 18.4 Å². The minimum atomic E-state index is -3.78. The molecule has 41 heavy (non-hydrogen) atoms. The number of anilines is 1. The molecule has 3 N–H and O–H groups in total. The molecule has 0 radical (unpaired) electrons. The second-order valence-corrected chi connectivity index (χ2v) is 12.2. The third-order valence-electron chi connectivity index (χ3n) is 7.18. The number of nitrogens with two attached hydrogens (primary N) is 1. The van der Waals surface area contributed by atoms with Gasteiger partial charge in [-0.05, 0) is 37.2 Å². The molecule has 1 aromatic heterocycles. The van der Waals surface area contributed by atoms with Crippen molar-refractivity contribution in [1.82, 2.24) is 24.2 Å². The number of benzene rings is 2. The number of sulfonamides is 1. The van der Waals surface area contributed by atoms with Crippen LogP contribution in [0.15, 0.2) is 58.2 Å². The van der Waals surface area contributed by atoms with Gasteiger partial charge in [0.25, 0.3) is 5.56 Å². The maximum atomic E-state index is 13.6. The van der Waals surface area contributed by atoms with Crippen LogP contribution in [0.1, 0.15) is 24.6 Å². The lowest BCUT2D eigenvalue weighted by Crippen LogP contribution is -2.47. The Morgan fingerprint density at radius 3 is 2.51 bits per heavy atom. The van der Waals surface area contributed by atoms with Crippen LogP contribution in [0.2, 0.25) is 0 Å². The number of fused-ring (bicyclic) bond motifs is 1. The molecule has 1 amide bonds. The van der Waals surface area contributed by atoms with Crippen molar-refractivity contribution >= 4 is 21.6 Å². The van der Waals surface area contributed by atoms with Gasteiger partial charge in [0, 0.05) is 26.2 Å². The molecule has 0 saturated carbocycles. The Balaban J connectivity index is 1.56. The van der Waals surface area contributed by atoms with E-state index in [9.17, 15) is 18.0 Å². The average Bonchev–Trinajstić information content (AvgIpc) is 3.28. The highest BCUT2D eigenvalue weighted by Crippen LogP contribution is 2.34. The Morgan fingerprint density at radius 2 is 1.83 bits per heavy atom. The van der Waals surface area contributed by atoms with Gasteiger partial charge in [-0.15, -0.1) is 0 Å². The molecule has 2 aromatic carbocycles. The molecular weight excluding hydrogens is 546 g/mol. The lowest BCUT2D eigenvalue weighted by molar-refractivity contribution is -0.119. The summed E-state index contributed by atoms with van der Waals surface area (Å²) < 4.78 is 34.5. The topological polar surface area (TPSA) is 145 Å². The van der Waals surface area contributed by atoms with Crippen LogP contribution in [0, 0.1) is 0 Å². The van der Waals surface area contributed by atoms with Crippen molar-refractivity contribution in [3.05, 3.63) is 70.1 Å². The summed E-state index contributed by atoms with van der Waals surface area (Å²) in [6.45, 7) is 4.88. The van der Waals surface area contributed by atoms with Crippen LogP contribution in [0.5, 0.6) is 5.75 Å². The van der Waals surface area contributed by atoms with E-state index < -0.39 is 21.5 Å². The molecule has 3 heterocycles. The molecule has 0 spiro atoms. The fourth-order valence-electron chi connectivity index (χ4n) is 5.04. The van der Waals surface area contributed by atoms with E-state index in [0.29, 0.717) is 62.0 Å². The van der Waals surface area contributed by atoms with E-state index in [2.05, 4.69) is 9.88 Å². The lowest BCUT2D eigenvalue weighted by Gasteiger charge is -2.31. The molecule has 218 valence electrons. The predicted octanol–water partition coefficient (Wildman–Crippen LogP) is 1.38. The van der Waals surface area contributed by atoms with E-state index >= 15 is 0 Å². The number of aromatic amines is 1. The van der Waals surface area contributed by atoms with Gasteiger partial charge in [-0.3, -0.25) is 14.6 Å². The number of carbonyl (C=O) groups excluding carboxylic acids is 1. The van der Waals surface area contributed by atoms with Crippen LogP contribution in [0.25, 0.3) is 11.4 Å². The second kappa shape index (κ2) is 12.0. The Hall–Kier alpha value is -3.78. The van der Waals surface area contributed by atoms with Crippen molar-refractivity contribution in [3.8, 4) is 17.1 Å². The van der Waals surface area contributed by atoms with Crippen molar-refractivity contribution in [2.24, 2.45) is 5.73 Å². The third kappa shape index (κ3) is 6.12. The molecule has 3 aromatic rings. The van der Waals surface area contributed by atoms with Crippen LogP contribution in [-0.4, -0.2) is 84.9 Å². The summed E-state index contributed by atoms with van der Waals surface area (Å²) in [4.78, 5) is 35.2. The number of likely N-dealkylation sites (N-methyl/N-ethyl adjacent to an activating group) is 1. The molecule has 5 rings (SSSR count). The number of rotatable bonds is 10. The first-order valence-corrected chi connectivity index (χ1v) is 15.0. The molecule has 0 atom stereocenters. The number of carbonyl (C=O) groups is 1. The smallest absolute Gasteiger partial charge is 0.276 e. The largest absolute Gasteiger partial charge is 0.493 e. The van der Waals surface area contributed by atoms with Gasteiger partial charge in [0.2, 0.25) is 15.9 Å². The Labute approximate surface area is 239 Å². The minimum absolute atomic E-state index is 0.0957. The number of piperazine rings is 1. The van der Waals surface area contributed by atoms with Crippen molar-refractivity contribution in [2.45, 2.75) is 31.3 Å². The number of H-pyrrole nitrogens is 1. The summed E-state index contributed by atoms with van der Waals surface area (Å²) in [7, 11) is -1.82. The van der Waals surface area contributed by atoms with Gasteiger partial charge in [0.1, 0.15) is 17.3 Å². The first-order chi connectivity index (χ1) is 19.7. The third-order valence-corrected chi connectivity index (χ3v) is 9.07. The fraction of sp³-hybridized carbons (Fsp3) is 0.393. The van der Waals surface area contributed by atoms with Crippen LogP contribution in [-0.2, 0) is 27.9 Å². The highest BCUT2D eigenvalue weighted by molar-refractivity contribution is 7.89. The normalized spacial score (nSPS) is 16.6. The maximum Gasteiger partial charge on any atom is 0.276 e. The van der Waals surface area contributed by atoms with E-state index in [4.69, 9.17) is 15.5 Å². The van der Waals surface area contributed by atoms with Gasteiger partial charge in [0.05, 0.1) is 42.4 Å². The molecule has 2 aliphatic heterocycles. The van der Waals surface area contributed by atoms with Gasteiger partial charge in [-0.1, -0.05) is 37.3 Å². The van der Waals surface area contributed by atoms with E-state index in [1.165, 1.54) is 16.4 Å². The quantitative estimate of drug-likeness (QED) is 0.363. The van der Waals surface area contributed by atoms with E-state index in [-0.39, 0.29) is 23.8 Å². The number of nitrogens with one attached hydrogen (secondary N) is 1. The molecule has 0 unspecified atom stereocenters. The van der Waals surface area contributed by atoms with E-state index in [1.54, 1.807) is 16.1 Å². The molecule has 12 nitrogen and oxygen atoms in total. The molecule has 2 aliphatic rings. The molecule has 1 fully saturated rings. The molecule has 0 bridgehead atoms. The van der Waals surface area contributed by atoms with Crippen molar-refractivity contribution < 1.29 is 17.9 Å². The number of aromatic nitrogens is 2. The van der Waals surface area contributed by atoms with Crippen LogP contribution < -0.4 is 21.0 Å². The summed E-state index contributed by atoms with van der Waals surface area (Å²) in [6.07, 6.45) is 0.742. The van der Waals surface area contributed by atoms with Crippen LogP contribution in [0.4, 0.5) is 5.69 Å². The highest BCUT2D eigenvalue weighted by Gasteiger charge is 2.34. The first-order valence-electron chi connectivity index (χ1n) is 13.6. The summed E-state index contributed by atoms with van der Waals surface area (Å²) >= 11 is 0. The first kappa shape index (κ1) is 28.7. The summed E-state index contributed by atoms with van der Waals surface area (Å²) in [5.41, 5.74) is 7.19. The van der Waals surface area contributed by atoms with Gasteiger partial charge in [0.15, 0.2) is 0 Å². The number of primary amides is 1. The van der Waals surface area contributed by atoms with Crippen molar-refractivity contribution in [2.75, 3.05) is 51.4 Å². The Morgan fingerprint density at radius 1 is 1.10 bits per heavy atom. The van der Waals surface area contributed by atoms with Gasteiger partial charge in [-0.2, -0.15) is 4.31 Å². The van der Waals surface area contributed by atoms with Gasteiger partial charge < -0.3 is 20.4 Å². The molecule has 1 saturated heterocycles. The van der Waals surface area contributed by atoms with Crippen molar-refractivity contribution in [1.29, 1.82) is 0 Å². The minimum Gasteiger partial charge on any atom is -0.493 e. The predicted molar refractivity (Wildman–Crippen MR) is 155 cm³/mol. The van der Waals surface area contributed by atoms with Crippen molar-refractivity contribution in [3.63, 3.8) is 0 Å². The monoisotopic (exact) mass is 581 g/mol. The zero-order valence-corrected chi connectivity index (χ0v) is 24.1. The zero-order chi connectivity index (χ0) is 29.1. The summed E-state index contributed by atoms with van der Waals surface area (Å²) in [6, 6.07) is 14.2. The SMILES string of the molecule is CCCOc1ccc(S(=O)(=O)N2CCN(C)CC2)cc1-c1nc2c(c(=O)[nH]1)N(Cc1ccccc1)N(CC(N)=O)C2. The number of nitrogens with zero attached hydrogens (tertiary/aromatic N) is 5. The van der Waals surface area contributed by atoms with Crippen LogP contribution >= 0.6 is 0 Å². The number of amides is 1. The molecular formula is C28H35N7O5S. The zero-order valence-electron chi connectivity index (χ0n) is 23.2. The standard InChI is InChI=1S/C28H35N7O5S/c1-3-15-40-24-10-9-21(41(38,39)34-13-11-32(2)12-14-34)16-22(24)27-30-23-18-33(19-25(29)36)35(26(23)28(37)31-27)17-20-7-5-4-6-8-20/h4-10,16H,3,11-15,17-19H2,1-2H3,(H2,29,36)(H,30,31,37). The Kier molecular flexibility index (Phi) is 8.40. The summed E-state index contributed by atoms with van der Waals surface area (Å²) in [5, 5.41) is 3.41. The Bertz CT molecular complexity index is 1570. The number of ether oxygens (including phenoxy) is 1. The highest BCUT2D eigenvalue weighted by atomic mass is 32.2.